The van der Waals surface area contributed by atoms with Crippen LogP contribution in [-0.2, 0) is 14.8 Å². The number of carbonyl (C=O) groups is 2. The Kier molecular flexibility index (Phi) is 5.33. The number of sulfonamides is 1. The molecule has 1 unspecified atom stereocenters. The summed E-state index contributed by atoms with van der Waals surface area (Å²) in [5, 5.41) is 6.76. The monoisotopic (exact) mass is 383 g/mol. The summed E-state index contributed by atoms with van der Waals surface area (Å²) in [5.41, 5.74) is 6.15. The molecule has 144 valence electrons. The summed E-state index contributed by atoms with van der Waals surface area (Å²) in [4.78, 5) is 26.2. The predicted molar refractivity (Wildman–Crippen MR) is 94.6 cm³/mol. The Bertz CT molecular complexity index is 782. The summed E-state index contributed by atoms with van der Waals surface area (Å²) in [7, 11) is -3.21. The molecule has 9 nitrogen and oxygen atoms in total. The van der Waals surface area contributed by atoms with Crippen LogP contribution in [-0.4, -0.2) is 65.5 Å². The number of hydrogen-bond acceptors (Lipinski definition) is 5. The van der Waals surface area contributed by atoms with Crippen LogP contribution in [0.25, 0.3) is 0 Å². The molecule has 1 aromatic rings. The second-order valence-corrected chi connectivity index (χ2v) is 9.03. The fourth-order valence-corrected chi connectivity index (χ4v) is 4.70. The van der Waals surface area contributed by atoms with Gasteiger partial charge in [0, 0.05) is 25.6 Å². The number of likely N-dealkylation sites (tertiary alicyclic amines) is 1. The predicted octanol–water partition coefficient (Wildman–Crippen LogP) is 0.234. The SMILES string of the molecule is CS(=O)(=O)N1CCC(C(=O)N2CCCCC2c2cc(C(N)=O)n[nH]2)CC1. The minimum absolute atomic E-state index is 0.0538. The van der Waals surface area contributed by atoms with Gasteiger partial charge in [-0.25, -0.2) is 12.7 Å². The lowest BCUT2D eigenvalue weighted by atomic mass is 9.92. The van der Waals surface area contributed by atoms with Gasteiger partial charge < -0.3 is 10.6 Å². The molecule has 0 radical (unpaired) electrons. The molecule has 2 aliphatic heterocycles. The van der Waals surface area contributed by atoms with Gasteiger partial charge in [-0.15, -0.1) is 0 Å². The van der Waals surface area contributed by atoms with E-state index in [1.54, 1.807) is 6.07 Å². The van der Waals surface area contributed by atoms with Crippen molar-refractivity contribution in [2.45, 2.75) is 38.1 Å². The number of aromatic nitrogens is 2. The molecule has 1 atom stereocenters. The maximum Gasteiger partial charge on any atom is 0.269 e. The van der Waals surface area contributed by atoms with Gasteiger partial charge >= 0.3 is 0 Å². The van der Waals surface area contributed by atoms with E-state index in [2.05, 4.69) is 10.2 Å². The quantitative estimate of drug-likeness (QED) is 0.769. The first-order chi connectivity index (χ1) is 12.3. The van der Waals surface area contributed by atoms with Gasteiger partial charge in [0.1, 0.15) is 5.69 Å². The average Bonchev–Trinajstić information content (AvgIpc) is 3.11. The largest absolute Gasteiger partial charge is 0.364 e. The van der Waals surface area contributed by atoms with Crippen molar-refractivity contribution in [3.63, 3.8) is 0 Å². The van der Waals surface area contributed by atoms with E-state index >= 15 is 0 Å². The highest BCUT2D eigenvalue weighted by atomic mass is 32.2. The summed E-state index contributed by atoms with van der Waals surface area (Å²) >= 11 is 0. The highest BCUT2D eigenvalue weighted by Crippen LogP contribution is 2.33. The Hall–Kier alpha value is -1.94. The molecular formula is C16H25N5O4S. The molecule has 3 heterocycles. The molecule has 2 saturated heterocycles. The topological polar surface area (TPSA) is 129 Å². The van der Waals surface area contributed by atoms with Gasteiger partial charge in [0.2, 0.25) is 15.9 Å². The number of nitrogens with one attached hydrogen (secondary N) is 1. The fraction of sp³-hybridized carbons (Fsp3) is 0.688. The highest BCUT2D eigenvalue weighted by molar-refractivity contribution is 7.88. The number of H-pyrrole nitrogens is 1. The minimum Gasteiger partial charge on any atom is -0.364 e. The minimum atomic E-state index is -3.21. The van der Waals surface area contributed by atoms with E-state index in [9.17, 15) is 18.0 Å². The second kappa shape index (κ2) is 7.36. The van der Waals surface area contributed by atoms with Gasteiger partial charge in [0.25, 0.3) is 5.91 Å². The van der Waals surface area contributed by atoms with Crippen LogP contribution in [0.1, 0.15) is 54.3 Å². The fourth-order valence-electron chi connectivity index (χ4n) is 3.82. The van der Waals surface area contributed by atoms with E-state index < -0.39 is 15.9 Å². The van der Waals surface area contributed by atoms with Gasteiger partial charge in [0.15, 0.2) is 0 Å². The van der Waals surface area contributed by atoms with Gasteiger partial charge in [-0.1, -0.05) is 0 Å². The van der Waals surface area contributed by atoms with Crippen LogP contribution in [0.2, 0.25) is 0 Å². The van der Waals surface area contributed by atoms with Crippen LogP contribution in [0.3, 0.4) is 0 Å². The van der Waals surface area contributed by atoms with E-state index in [-0.39, 0.29) is 23.6 Å². The smallest absolute Gasteiger partial charge is 0.269 e. The Balaban J connectivity index is 1.71. The zero-order valence-corrected chi connectivity index (χ0v) is 15.7. The number of nitrogens with zero attached hydrogens (tertiary/aromatic N) is 3. The maximum atomic E-state index is 13.1. The first-order valence-electron chi connectivity index (χ1n) is 8.88. The third-order valence-corrected chi connectivity index (χ3v) is 6.57. The van der Waals surface area contributed by atoms with Crippen LogP contribution in [0.5, 0.6) is 0 Å². The van der Waals surface area contributed by atoms with E-state index in [4.69, 9.17) is 5.73 Å². The van der Waals surface area contributed by atoms with Crippen molar-refractivity contribution < 1.29 is 18.0 Å². The van der Waals surface area contributed by atoms with E-state index in [1.165, 1.54) is 10.6 Å². The van der Waals surface area contributed by atoms with E-state index in [0.29, 0.717) is 32.5 Å². The molecule has 3 N–H and O–H groups in total. The number of hydrogen-bond donors (Lipinski definition) is 2. The summed E-state index contributed by atoms with van der Waals surface area (Å²) in [6.07, 6.45) is 4.99. The van der Waals surface area contributed by atoms with Crippen LogP contribution in [0.4, 0.5) is 0 Å². The molecule has 10 heteroatoms. The first kappa shape index (κ1) is 18.8. The molecule has 3 rings (SSSR count). The van der Waals surface area contributed by atoms with Crippen molar-refractivity contribution in [1.29, 1.82) is 0 Å². The Morgan fingerprint density at radius 1 is 1.19 bits per heavy atom. The Morgan fingerprint density at radius 2 is 1.88 bits per heavy atom. The van der Waals surface area contributed by atoms with E-state index in [0.717, 1.165) is 25.0 Å². The lowest BCUT2D eigenvalue weighted by Gasteiger charge is -2.39. The third-order valence-electron chi connectivity index (χ3n) is 5.27. The van der Waals surface area contributed by atoms with Crippen molar-refractivity contribution in [2.24, 2.45) is 11.7 Å². The van der Waals surface area contributed by atoms with Crippen LogP contribution in [0, 0.1) is 5.92 Å². The number of nitrogens with two attached hydrogens (primary N) is 1. The zero-order valence-electron chi connectivity index (χ0n) is 14.8. The third kappa shape index (κ3) is 3.90. The molecule has 0 spiro atoms. The number of carbonyl (C=O) groups excluding carboxylic acids is 2. The molecule has 2 fully saturated rings. The van der Waals surface area contributed by atoms with Gasteiger partial charge in [-0.2, -0.15) is 5.10 Å². The van der Waals surface area contributed by atoms with Crippen molar-refractivity contribution in [3.8, 4) is 0 Å². The number of piperidine rings is 2. The molecule has 26 heavy (non-hydrogen) atoms. The lowest BCUT2D eigenvalue weighted by Crippen LogP contribution is -2.46. The number of aromatic amines is 1. The van der Waals surface area contributed by atoms with Gasteiger partial charge in [-0.3, -0.25) is 14.7 Å². The van der Waals surface area contributed by atoms with Crippen molar-refractivity contribution in [3.05, 3.63) is 17.5 Å². The first-order valence-corrected chi connectivity index (χ1v) is 10.7. The number of amides is 2. The average molecular weight is 383 g/mol. The normalized spacial score (nSPS) is 23.1. The Morgan fingerprint density at radius 3 is 2.46 bits per heavy atom. The Labute approximate surface area is 153 Å². The standard InChI is InChI=1S/C16H25N5O4S/c1-26(24,25)20-8-5-11(6-9-20)16(23)21-7-3-2-4-14(21)12-10-13(15(17)22)19-18-12/h10-11,14H,2-9H2,1H3,(H2,17,22)(H,18,19). The number of primary amides is 1. The molecule has 1 aromatic heterocycles. The summed E-state index contributed by atoms with van der Waals surface area (Å²) in [5.74, 6) is -0.723. The molecule has 2 aliphatic rings. The summed E-state index contributed by atoms with van der Waals surface area (Å²) < 4.78 is 24.7. The highest BCUT2D eigenvalue weighted by Gasteiger charge is 2.36. The van der Waals surface area contributed by atoms with Gasteiger partial charge in [-0.05, 0) is 38.2 Å². The summed E-state index contributed by atoms with van der Waals surface area (Å²) in [6.45, 7) is 1.41. The zero-order chi connectivity index (χ0) is 18.9. The molecule has 2 amide bonds. The van der Waals surface area contributed by atoms with Crippen molar-refractivity contribution in [1.82, 2.24) is 19.4 Å². The van der Waals surface area contributed by atoms with Crippen LogP contribution < -0.4 is 5.73 Å². The second-order valence-electron chi connectivity index (χ2n) is 7.05. The van der Waals surface area contributed by atoms with Crippen LogP contribution >= 0.6 is 0 Å². The molecule has 0 aliphatic carbocycles. The molecular weight excluding hydrogens is 358 g/mol. The number of rotatable bonds is 4. The van der Waals surface area contributed by atoms with E-state index in [1.807, 2.05) is 4.90 Å². The van der Waals surface area contributed by atoms with Gasteiger partial charge in [0.05, 0.1) is 18.0 Å². The summed E-state index contributed by atoms with van der Waals surface area (Å²) in [6, 6.07) is 1.47. The molecule has 0 aromatic carbocycles. The molecule has 0 bridgehead atoms. The van der Waals surface area contributed by atoms with Crippen molar-refractivity contribution in [2.75, 3.05) is 25.9 Å². The van der Waals surface area contributed by atoms with Crippen molar-refractivity contribution >= 4 is 21.8 Å². The lowest BCUT2D eigenvalue weighted by molar-refractivity contribution is -0.140. The molecule has 0 saturated carbocycles. The van der Waals surface area contributed by atoms with Crippen LogP contribution in [0.15, 0.2) is 6.07 Å². The maximum absolute atomic E-state index is 13.1.